The van der Waals surface area contributed by atoms with Crippen LogP contribution >= 0.6 is 0 Å². The number of halogens is 2. The Morgan fingerprint density at radius 1 is 1.14 bits per heavy atom. The molecule has 0 aromatic heterocycles. The quantitative estimate of drug-likeness (QED) is 0.856. The summed E-state index contributed by atoms with van der Waals surface area (Å²) in [5.41, 5.74) is 1.03. The molecule has 1 aromatic carbocycles. The summed E-state index contributed by atoms with van der Waals surface area (Å²) in [5, 5.41) is 3.37. The molecule has 118 valence electrons. The van der Waals surface area contributed by atoms with Crippen LogP contribution < -0.4 is 10.1 Å². The van der Waals surface area contributed by atoms with Crippen LogP contribution in [0.5, 0.6) is 5.75 Å². The van der Waals surface area contributed by atoms with Gasteiger partial charge in [-0.15, -0.1) is 0 Å². The van der Waals surface area contributed by atoms with Crippen molar-refractivity contribution in [3.63, 3.8) is 0 Å². The highest BCUT2D eigenvalue weighted by molar-refractivity contribution is 5.31. The van der Waals surface area contributed by atoms with Crippen LogP contribution in [0.2, 0.25) is 0 Å². The zero-order chi connectivity index (χ0) is 15.4. The first-order valence-electron chi connectivity index (χ1n) is 7.71. The lowest BCUT2D eigenvalue weighted by atomic mass is 9.72. The molecule has 0 saturated heterocycles. The average Bonchev–Trinajstić information content (AvgIpc) is 2.38. The van der Waals surface area contributed by atoms with E-state index in [-0.39, 0.29) is 11.8 Å². The summed E-state index contributed by atoms with van der Waals surface area (Å²) in [5.74, 6) is 2.21. The van der Waals surface area contributed by atoms with Crippen molar-refractivity contribution in [2.24, 2.45) is 17.8 Å². The smallest absolute Gasteiger partial charge is 0.387 e. The predicted molar refractivity (Wildman–Crippen MR) is 80.5 cm³/mol. The first kappa shape index (κ1) is 16.2. The summed E-state index contributed by atoms with van der Waals surface area (Å²) in [4.78, 5) is 0. The third-order valence-electron chi connectivity index (χ3n) is 4.44. The SMILES string of the molecule is CNC(c1cccc(OC(F)F)c1)C1CC(C)CC(C)C1. The Labute approximate surface area is 125 Å². The van der Waals surface area contributed by atoms with E-state index in [1.165, 1.54) is 19.3 Å². The Bertz CT molecular complexity index is 442. The molecule has 0 spiro atoms. The average molecular weight is 297 g/mol. The van der Waals surface area contributed by atoms with E-state index in [1.807, 2.05) is 13.1 Å². The normalized spacial score (nSPS) is 27.6. The molecule has 0 radical (unpaired) electrons. The van der Waals surface area contributed by atoms with Gasteiger partial charge in [-0.1, -0.05) is 26.0 Å². The van der Waals surface area contributed by atoms with Crippen molar-refractivity contribution in [1.82, 2.24) is 5.32 Å². The van der Waals surface area contributed by atoms with Gasteiger partial charge in [0.1, 0.15) is 5.75 Å². The fraction of sp³-hybridized carbons (Fsp3) is 0.647. The van der Waals surface area contributed by atoms with Gasteiger partial charge < -0.3 is 10.1 Å². The minimum atomic E-state index is -2.77. The van der Waals surface area contributed by atoms with Crippen LogP contribution in [0.3, 0.4) is 0 Å². The zero-order valence-corrected chi connectivity index (χ0v) is 13.0. The topological polar surface area (TPSA) is 21.3 Å². The zero-order valence-electron chi connectivity index (χ0n) is 13.0. The van der Waals surface area contributed by atoms with Gasteiger partial charge in [0, 0.05) is 6.04 Å². The molecule has 0 amide bonds. The lowest BCUT2D eigenvalue weighted by molar-refractivity contribution is -0.0499. The number of nitrogens with one attached hydrogen (secondary N) is 1. The standard InChI is InChI=1S/C17H25F2NO/c1-11-7-12(2)9-14(8-11)16(20-3)13-5-4-6-15(10-13)21-17(18)19/h4-6,10-12,14,16-17,20H,7-9H2,1-3H3. The van der Waals surface area contributed by atoms with Gasteiger partial charge in [0.05, 0.1) is 0 Å². The van der Waals surface area contributed by atoms with Crippen molar-refractivity contribution in [3.05, 3.63) is 29.8 Å². The van der Waals surface area contributed by atoms with Crippen molar-refractivity contribution < 1.29 is 13.5 Å². The van der Waals surface area contributed by atoms with Gasteiger partial charge in [-0.25, -0.2) is 0 Å². The highest BCUT2D eigenvalue weighted by atomic mass is 19.3. The summed E-state index contributed by atoms with van der Waals surface area (Å²) in [6.07, 6.45) is 3.63. The number of rotatable bonds is 5. The Balaban J connectivity index is 2.16. The molecule has 1 N–H and O–H groups in total. The molecule has 1 aromatic rings. The van der Waals surface area contributed by atoms with Gasteiger partial charge in [0.25, 0.3) is 0 Å². The molecule has 4 heteroatoms. The minimum Gasteiger partial charge on any atom is -0.435 e. The monoisotopic (exact) mass is 297 g/mol. The van der Waals surface area contributed by atoms with Crippen LogP contribution in [-0.2, 0) is 0 Å². The Kier molecular flexibility index (Phi) is 5.57. The van der Waals surface area contributed by atoms with Crippen molar-refractivity contribution in [2.75, 3.05) is 7.05 Å². The van der Waals surface area contributed by atoms with Crippen molar-refractivity contribution in [3.8, 4) is 5.75 Å². The molecule has 1 aliphatic rings. The third kappa shape index (κ3) is 4.40. The molecule has 2 rings (SSSR count). The Morgan fingerprint density at radius 3 is 2.38 bits per heavy atom. The first-order valence-corrected chi connectivity index (χ1v) is 7.71. The van der Waals surface area contributed by atoms with E-state index in [0.717, 1.165) is 17.4 Å². The van der Waals surface area contributed by atoms with E-state index in [0.29, 0.717) is 5.92 Å². The highest BCUT2D eigenvalue weighted by Gasteiger charge is 2.30. The van der Waals surface area contributed by atoms with Crippen LogP contribution in [0.4, 0.5) is 8.78 Å². The van der Waals surface area contributed by atoms with Gasteiger partial charge in [0.2, 0.25) is 0 Å². The molecule has 0 bridgehead atoms. The van der Waals surface area contributed by atoms with E-state index in [1.54, 1.807) is 18.2 Å². The predicted octanol–water partition coefficient (Wildman–Crippen LogP) is 4.62. The molecular formula is C17H25F2NO. The van der Waals surface area contributed by atoms with Crippen molar-refractivity contribution >= 4 is 0 Å². The molecule has 0 aliphatic heterocycles. The first-order chi connectivity index (χ1) is 9.99. The Morgan fingerprint density at radius 2 is 1.81 bits per heavy atom. The number of hydrogen-bond donors (Lipinski definition) is 1. The molecular weight excluding hydrogens is 272 g/mol. The van der Waals surface area contributed by atoms with E-state index in [4.69, 9.17) is 0 Å². The number of alkyl halides is 2. The van der Waals surface area contributed by atoms with Crippen LogP contribution in [0.1, 0.15) is 44.7 Å². The molecule has 0 heterocycles. The molecule has 1 aliphatic carbocycles. The van der Waals surface area contributed by atoms with Gasteiger partial charge in [-0.3, -0.25) is 0 Å². The maximum absolute atomic E-state index is 12.4. The maximum atomic E-state index is 12.4. The lowest BCUT2D eigenvalue weighted by Gasteiger charge is -2.36. The summed E-state index contributed by atoms with van der Waals surface area (Å²) in [7, 11) is 1.94. The molecule has 21 heavy (non-hydrogen) atoms. The summed E-state index contributed by atoms with van der Waals surface area (Å²) < 4.78 is 29.2. The van der Waals surface area contributed by atoms with Crippen molar-refractivity contribution in [1.29, 1.82) is 0 Å². The molecule has 3 atom stereocenters. The number of benzene rings is 1. The third-order valence-corrected chi connectivity index (χ3v) is 4.44. The van der Waals surface area contributed by atoms with Crippen molar-refractivity contribution in [2.45, 2.75) is 45.8 Å². The fourth-order valence-corrected chi connectivity index (χ4v) is 3.84. The lowest BCUT2D eigenvalue weighted by Crippen LogP contribution is -2.31. The van der Waals surface area contributed by atoms with Gasteiger partial charge >= 0.3 is 6.61 Å². The van der Waals surface area contributed by atoms with Crippen LogP contribution in [0, 0.1) is 17.8 Å². The minimum absolute atomic E-state index is 0.191. The largest absolute Gasteiger partial charge is 0.435 e. The van der Waals surface area contributed by atoms with E-state index in [2.05, 4.69) is 23.9 Å². The summed E-state index contributed by atoms with van der Waals surface area (Å²) in [6.45, 7) is 1.82. The second-order valence-corrected chi connectivity index (χ2v) is 6.39. The van der Waals surface area contributed by atoms with Crippen LogP contribution in [0.15, 0.2) is 24.3 Å². The maximum Gasteiger partial charge on any atom is 0.387 e. The molecule has 2 nitrogen and oxygen atoms in total. The second-order valence-electron chi connectivity index (χ2n) is 6.39. The summed E-state index contributed by atoms with van der Waals surface area (Å²) >= 11 is 0. The second kappa shape index (κ2) is 7.21. The Hall–Kier alpha value is -1.16. The molecule has 1 fully saturated rings. The summed E-state index contributed by atoms with van der Waals surface area (Å²) in [6, 6.07) is 7.28. The highest BCUT2D eigenvalue weighted by Crippen LogP contribution is 2.40. The molecule has 3 unspecified atom stereocenters. The van der Waals surface area contributed by atoms with Gasteiger partial charge in [0.15, 0.2) is 0 Å². The van der Waals surface area contributed by atoms with Gasteiger partial charge in [-0.2, -0.15) is 8.78 Å². The van der Waals surface area contributed by atoms with Crippen LogP contribution in [-0.4, -0.2) is 13.7 Å². The van der Waals surface area contributed by atoms with Gasteiger partial charge in [-0.05, 0) is 61.8 Å². The van der Waals surface area contributed by atoms with Crippen LogP contribution in [0.25, 0.3) is 0 Å². The fourth-order valence-electron chi connectivity index (χ4n) is 3.84. The van der Waals surface area contributed by atoms with E-state index >= 15 is 0 Å². The number of ether oxygens (including phenoxy) is 1. The molecule has 1 saturated carbocycles. The van der Waals surface area contributed by atoms with E-state index < -0.39 is 6.61 Å². The number of hydrogen-bond acceptors (Lipinski definition) is 2. The van der Waals surface area contributed by atoms with E-state index in [9.17, 15) is 8.78 Å².